The molecule has 0 aliphatic rings. The first-order valence-electron chi connectivity index (χ1n) is 7.15. The van der Waals surface area contributed by atoms with E-state index in [4.69, 9.17) is 0 Å². The van der Waals surface area contributed by atoms with Crippen LogP contribution >= 0.6 is 0 Å². The van der Waals surface area contributed by atoms with Gasteiger partial charge in [-0.3, -0.25) is 0 Å². The van der Waals surface area contributed by atoms with Crippen LogP contribution in [0.15, 0.2) is 42.5 Å². The van der Waals surface area contributed by atoms with Crippen LogP contribution in [0.2, 0.25) is 0 Å². The van der Waals surface area contributed by atoms with Crippen molar-refractivity contribution in [3.8, 4) is 0 Å². The molecular weight excluding hydrogens is 244 g/mol. The summed E-state index contributed by atoms with van der Waals surface area (Å²) in [6, 6.07) is 15.1. The van der Waals surface area contributed by atoms with E-state index in [1.54, 1.807) is 0 Å². The van der Waals surface area contributed by atoms with E-state index in [1.807, 2.05) is 0 Å². The van der Waals surface area contributed by atoms with Gasteiger partial charge in [0, 0.05) is 31.5 Å². The van der Waals surface area contributed by atoms with E-state index < -0.39 is 0 Å². The molecule has 106 valence electrons. The van der Waals surface area contributed by atoms with Crippen molar-refractivity contribution >= 4 is 11.4 Å². The Morgan fingerprint density at radius 3 is 2.20 bits per heavy atom. The Morgan fingerprint density at radius 2 is 1.55 bits per heavy atom. The number of nitrogens with one attached hydrogen (secondary N) is 1. The topological polar surface area (TPSA) is 15.3 Å². The summed E-state index contributed by atoms with van der Waals surface area (Å²) in [5.41, 5.74) is 6.44. The molecule has 0 aliphatic heterocycles. The van der Waals surface area contributed by atoms with Gasteiger partial charge in [0.05, 0.1) is 0 Å². The maximum absolute atomic E-state index is 3.46. The Kier molecular flexibility index (Phi) is 4.67. The smallest absolute Gasteiger partial charge is 0.0394 e. The van der Waals surface area contributed by atoms with Crippen LogP contribution in [0.3, 0.4) is 0 Å². The first-order valence-corrected chi connectivity index (χ1v) is 7.15. The minimum atomic E-state index is 0.937. The fourth-order valence-corrected chi connectivity index (χ4v) is 2.39. The van der Waals surface area contributed by atoms with Gasteiger partial charge in [-0.1, -0.05) is 35.4 Å². The molecular formula is C18H24N2. The second-order valence-electron chi connectivity index (χ2n) is 5.50. The van der Waals surface area contributed by atoms with Crippen LogP contribution in [-0.4, -0.2) is 20.1 Å². The number of nitrogens with zero attached hydrogens (tertiary/aromatic N) is 1. The van der Waals surface area contributed by atoms with Crippen LogP contribution in [0.25, 0.3) is 0 Å². The second kappa shape index (κ2) is 6.47. The van der Waals surface area contributed by atoms with Crippen LogP contribution in [0.4, 0.5) is 11.4 Å². The van der Waals surface area contributed by atoms with Gasteiger partial charge in [0.2, 0.25) is 0 Å². The molecule has 20 heavy (non-hydrogen) atoms. The van der Waals surface area contributed by atoms with E-state index in [-0.39, 0.29) is 0 Å². The quantitative estimate of drug-likeness (QED) is 0.876. The highest BCUT2D eigenvalue weighted by molar-refractivity contribution is 5.54. The number of anilines is 2. The lowest BCUT2D eigenvalue weighted by Gasteiger charge is -2.22. The zero-order valence-electron chi connectivity index (χ0n) is 12.9. The van der Waals surface area contributed by atoms with Crippen molar-refractivity contribution in [1.82, 2.24) is 0 Å². The third-order valence-electron chi connectivity index (χ3n) is 3.59. The maximum atomic E-state index is 3.46. The van der Waals surface area contributed by atoms with Gasteiger partial charge in [0.1, 0.15) is 0 Å². The summed E-state index contributed by atoms with van der Waals surface area (Å²) in [6.07, 6.45) is 0. The summed E-state index contributed by atoms with van der Waals surface area (Å²) in [5.74, 6) is 0. The highest BCUT2D eigenvalue weighted by Crippen LogP contribution is 2.19. The van der Waals surface area contributed by atoms with E-state index in [2.05, 4.69) is 80.5 Å². The molecule has 2 rings (SSSR count). The summed E-state index contributed by atoms with van der Waals surface area (Å²) in [6.45, 7) is 8.34. The minimum Gasteiger partial charge on any atom is -0.383 e. The van der Waals surface area contributed by atoms with Gasteiger partial charge in [-0.2, -0.15) is 0 Å². The summed E-state index contributed by atoms with van der Waals surface area (Å²) in [7, 11) is 2.15. The van der Waals surface area contributed by atoms with Gasteiger partial charge >= 0.3 is 0 Å². The molecule has 0 fully saturated rings. The summed E-state index contributed by atoms with van der Waals surface area (Å²) < 4.78 is 0. The molecule has 2 heteroatoms. The molecule has 2 aromatic rings. The zero-order valence-corrected chi connectivity index (χ0v) is 12.9. The molecule has 0 aromatic heterocycles. The molecule has 2 aromatic carbocycles. The lowest BCUT2D eigenvalue weighted by molar-refractivity contribution is 0.909. The molecule has 0 atom stereocenters. The fourth-order valence-electron chi connectivity index (χ4n) is 2.39. The van der Waals surface area contributed by atoms with Gasteiger partial charge in [0.15, 0.2) is 0 Å². The van der Waals surface area contributed by atoms with E-state index in [0.717, 1.165) is 13.1 Å². The molecule has 0 spiro atoms. The van der Waals surface area contributed by atoms with Crippen LogP contribution in [-0.2, 0) is 0 Å². The largest absolute Gasteiger partial charge is 0.383 e. The highest BCUT2D eigenvalue weighted by atomic mass is 15.1. The Balaban J connectivity index is 1.88. The van der Waals surface area contributed by atoms with Crippen molar-refractivity contribution in [2.75, 3.05) is 30.4 Å². The third kappa shape index (κ3) is 3.77. The molecule has 0 saturated carbocycles. The van der Waals surface area contributed by atoms with Crippen LogP contribution in [0.1, 0.15) is 16.7 Å². The van der Waals surface area contributed by atoms with E-state index >= 15 is 0 Å². The number of hydrogen-bond acceptors (Lipinski definition) is 2. The minimum absolute atomic E-state index is 0.937. The lowest BCUT2D eigenvalue weighted by atomic mass is 10.1. The van der Waals surface area contributed by atoms with Gasteiger partial charge in [-0.25, -0.2) is 0 Å². The molecule has 0 saturated heterocycles. The van der Waals surface area contributed by atoms with Crippen molar-refractivity contribution in [2.24, 2.45) is 0 Å². The molecule has 2 nitrogen and oxygen atoms in total. The van der Waals surface area contributed by atoms with Crippen LogP contribution in [0.5, 0.6) is 0 Å². The molecule has 0 unspecified atom stereocenters. The summed E-state index contributed by atoms with van der Waals surface area (Å²) in [5, 5.41) is 3.46. The summed E-state index contributed by atoms with van der Waals surface area (Å²) in [4.78, 5) is 2.30. The Labute approximate surface area is 122 Å². The predicted molar refractivity (Wildman–Crippen MR) is 88.9 cm³/mol. The van der Waals surface area contributed by atoms with E-state index in [1.165, 1.54) is 28.1 Å². The van der Waals surface area contributed by atoms with E-state index in [9.17, 15) is 0 Å². The number of likely N-dealkylation sites (N-methyl/N-ethyl adjacent to an activating group) is 1. The van der Waals surface area contributed by atoms with Crippen LogP contribution < -0.4 is 10.2 Å². The first kappa shape index (κ1) is 14.4. The van der Waals surface area contributed by atoms with Crippen molar-refractivity contribution in [1.29, 1.82) is 0 Å². The highest BCUT2D eigenvalue weighted by Gasteiger charge is 2.04. The van der Waals surface area contributed by atoms with E-state index in [0.29, 0.717) is 0 Å². The Bertz CT molecular complexity index is 558. The predicted octanol–water partition coefficient (Wildman–Crippen LogP) is 4.16. The normalized spacial score (nSPS) is 10.4. The SMILES string of the molecule is Cc1ccc(NCCN(C)c2ccc(C)cc2C)cc1. The number of rotatable bonds is 5. The molecule has 1 N–H and O–H groups in total. The Hall–Kier alpha value is -1.96. The van der Waals surface area contributed by atoms with Crippen molar-refractivity contribution in [3.63, 3.8) is 0 Å². The molecule has 0 bridgehead atoms. The molecule has 0 amide bonds. The summed E-state index contributed by atoms with van der Waals surface area (Å²) >= 11 is 0. The fraction of sp³-hybridized carbons (Fsp3) is 0.333. The lowest BCUT2D eigenvalue weighted by Crippen LogP contribution is -2.25. The molecule has 0 radical (unpaired) electrons. The van der Waals surface area contributed by atoms with Gasteiger partial charge in [0.25, 0.3) is 0 Å². The third-order valence-corrected chi connectivity index (χ3v) is 3.59. The number of hydrogen-bond donors (Lipinski definition) is 1. The average Bonchev–Trinajstić information content (AvgIpc) is 2.41. The van der Waals surface area contributed by atoms with Crippen molar-refractivity contribution in [3.05, 3.63) is 59.2 Å². The standard InChI is InChI=1S/C18H24N2/c1-14-5-8-17(9-6-14)19-11-12-20(4)18-10-7-15(2)13-16(18)3/h5-10,13,19H,11-12H2,1-4H3. The van der Waals surface area contributed by atoms with Gasteiger partial charge in [-0.05, 0) is 44.5 Å². The van der Waals surface area contributed by atoms with Crippen LogP contribution in [0, 0.1) is 20.8 Å². The van der Waals surface area contributed by atoms with Crippen molar-refractivity contribution in [2.45, 2.75) is 20.8 Å². The zero-order chi connectivity index (χ0) is 14.5. The first-order chi connectivity index (χ1) is 9.56. The Morgan fingerprint density at radius 1 is 0.900 bits per heavy atom. The molecule has 0 heterocycles. The maximum Gasteiger partial charge on any atom is 0.0394 e. The number of benzene rings is 2. The second-order valence-corrected chi connectivity index (χ2v) is 5.50. The van der Waals surface area contributed by atoms with Gasteiger partial charge in [-0.15, -0.1) is 0 Å². The number of aryl methyl sites for hydroxylation is 3. The monoisotopic (exact) mass is 268 g/mol. The average molecular weight is 268 g/mol. The van der Waals surface area contributed by atoms with Crippen molar-refractivity contribution < 1.29 is 0 Å². The molecule has 0 aliphatic carbocycles. The van der Waals surface area contributed by atoms with Gasteiger partial charge < -0.3 is 10.2 Å².